The zero-order chi connectivity index (χ0) is 11.4. The molecule has 0 atom stereocenters. The SMILES string of the molecule is CCc1cnc(CNc2ccc(Cl)nn2)s1. The zero-order valence-corrected chi connectivity index (χ0v) is 10.3. The number of rotatable bonds is 4. The molecule has 1 N–H and O–H groups in total. The maximum atomic E-state index is 5.64. The Kier molecular flexibility index (Phi) is 3.69. The van der Waals surface area contributed by atoms with Crippen molar-refractivity contribution in [3.63, 3.8) is 0 Å². The topological polar surface area (TPSA) is 50.7 Å². The third kappa shape index (κ3) is 2.90. The molecule has 0 aromatic carbocycles. The van der Waals surface area contributed by atoms with Crippen LogP contribution >= 0.6 is 22.9 Å². The quantitative estimate of drug-likeness (QED) is 0.912. The molecular weight excluding hydrogens is 244 g/mol. The molecule has 0 unspecified atom stereocenters. The zero-order valence-electron chi connectivity index (χ0n) is 8.77. The Morgan fingerprint density at radius 3 is 2.88 bits per heavy atom. The van der Waals surface area contributed by atoms with E-state index >= 15 is 0 Å². The molecule has 2 aromatic heterocycles. The van der Waals surface area contributed by atoms with Crippen molar-refractivity contribution < 1.29 is 0 Å². The maximum Gasteiger partial charge on any atom is 0.151 e. The largest absolute Gasteiger partial charge is 0.362 e. The highest BCUT2D eigenvalue weighted by molar-refractivity contribution is 7.11. The molecule has 0 radical (unpaired) electrons. The van der Waals surface area contributed by atoms with Gasteiger partial charge in [-0.2, -0.15) is 0 Å². The van der Waals surface area contributed by atoms with E-state index in [0.29, 0.717) is 17.5 Å². The van der Waals surface area contributed by atoms with E-state index in [1.807, 2.05) is 6.20 Å². The highest BCUT2D eigenvalue weighted by atomic mass is 35.5. The third-order valence-electron chi connectivity index (χ3n) is 2.00. The fourth-order valence-electron chi connectivity index (χ4n) is 1.17. The van der Waals surface area contributed by atoms with Gasteiger partial charge in [0.1, 0.15) is 10.8 Å². The average Bonchev–Trinajstić information content (AvgIpc) is 2.76. The second-order valence-corrected chi connectivity index (χ2v) is 4.76. The minimum Gasteiger partial charge on any atom is -0.362 e. The van der Waals surface area contributed by atoms with Gasteiger partial charge in [-0.3, -0.25) is 0 Å². The van der Waals surface area contributed by atoms with E-state index in [2.05, 4.69) is 27.4 Å². The lowest BCUT2D eigenvalue weighted by molar-refractivity contribution is 0.993. The molecular formula is C10H11ClN4S. The van der Waals surface area contributed by atoms with Gasteiger partial charge in [-0.1, -0.05) is 18.5 Å². The number of anilines is 1. The molecule has 2 rings (SSSR count). The predicted molar refractivity (Wildman–Crippen MR) is 65.9 cm³/mol. The van der Waals surface area contributed by atoms with Crippen LogP contribution < -0.4 is 5.32 Å². The Hall–Kier alpha value is -1.20. The van der Waals surface area contributed by atoms with Crippen LogP contribution in [0.5, 0.6) is 0 Å². The summed E-state index contributed by atoms with van der Waals surface area (Å²) in [6.45, 7) is 2.79. The predicted octanol–water partition coefficient (Wildman–Crippen LogP) is 2.76. The molecule has 0 bridgehead atoms. The Labute approximate surface area is 103 Å². The first-order valence-electron chi connectivity index (χ1n) is 4.94. The van der Waals surface area contributed by atoms with Crippen LogP contribution in [0.2, 0.25) is 5.15 Å². The smallest absolute Gasteiger partial charge is 0.151 e. The number of nitrogens with zero attached hydrogens (tertiary/aromatic N) is 3. The van der Waals surface area contributed by atoms with Crippen LogP contribution in [0.25, 0.3) is 0 Å². The maximum absolute atomic E-state index is 5.64. The van der Waals surface area contributed by atoms with Crippen molar-refractivity contribution in [2.45, 2.75) is 19.9 Å². The summed E-state index contributed by atoms with van der Waals surface area (Å²) in [6, 6.07) is 3.50. The summed E-state index contributed by atoms with van der Waals surface area (Å²) in [7, 11) is 0. The Morgan fingerprint density at radius 2 is 2.25 bits per heavy atom. The summed E-state index contributed by atoms with van der Waals surface area (Å²) >= 11 is 7.35. The van der Waals surface area contributed by atoms with Crippen molar-refractivity contribution in [3.05, 3.63) is 33.4 Å². The average molecular weight is 255 g/mol. The highest BCUT2D eigenvalue weighted by Gasteiger charge is 2.01. The second-order valence-electron chi connectivity index (χ2n) is 3.17. The second kappa shape index (κ2) is 5.23. The first-order chi connectivity index (χ1) is 7.78. The van der Waals surface area contributed by atoms with E-state index in [1.165, 1.54) is 4.88 Å². The molecule has 0 spiro atoms. The molecule has 0 saturated heterocycles. The van der Waals surface area contributed by atoms with Crippen molar-refractivity contribution in [2.24, 2.45) is 0 Å². The van der Waals surface area contributed by atoms with E-state index < -0.39 is 0 Å². The van der Waals surface area contributed by atoms with Crippen molar-refractivity contribution in [3.8, 4) is 0 Å². The molecule has 84 valence electrons. The standard InChI is InChI=1S/C10H11ClN4S/c1-2-7-5-13-10(16-7)6-12-9-4-3-8(11)14-15-9/h3-5H,2,6H2,1H3,(H,12,15). The normalized spacial score (nSPS) is 10.4. The van der Waals surface area contributed by atoms with E-state index in [9.17, 15) is 0 Å². The van der Waals surface area contributed by atoms with Crippen LogP contribution in [0, 0.1) is 0 Å². The van der Waals surface area contributed by atoms with Crippen LogP contribution in [0.4, 0.5) is 5.82 Å². The summed E-state index contributed by atoms with van der Waals surface area (Å²) in [4.78, 5) is 5.59. The van der Waals surface area contributed by atoms with Gasteiger partial charge >= 0.3 is 0 Å². The van der Waals surface area contributed by atoms with Gasteiger partial charge in [0.2, 0.25) is 0 Å². The molecule has 0 aliphatic carbocycles. The number of halogens is 1. The molecule has 2 aromatic rings. The highest BCUT2D eigenvalue weighted by Crippen LogP contribution is 2.14. The van der Waals surface area contributed by atoms with Gasteiger partial charge in [-0.05, 0) is 18.6 Å². The molecule has 0 aliphatic heterocycles. The van der Waals surface area contributed by atoms with E-state index in [4.69, 9.17) is 11.6 Å². The first-order valence-corrected chi connectivity index (χ1v) is 6.14. The molecule has 16 heavy (non-hydrogen) atoms. The van der Waals surface area contributed by atoms with Crippen LogP contribution in [0.1, 0.15) is 16.8 Å². The van der Waals surface area contributed by atoms with Crippen molar-refractivity contribution in [1.29, 1.82) is 0 Å². The van der Waals surface area contributed by atoms with Crippen LogP contribution in [-0.2, 0) is 13.0 Å². The van der Waals surface area contributed by atoms with E-state index in [-0.39, 0.29) is 0 Å². The van der Waals surface area contributed by atoms with Gasteiger partial charge in [0.15, 0.2) is 5.15 Å². The monoisotopic (exact) mass is 254 g/mol. The fraction of sp³-hybridized carbons (Fsp3) is 0.300. The van der Waals surface area contributed by atoms with Gasteiger partial charge in [0.05, 0.1) is 6.54 Å². The number of hydrogen-bond acceptors (Lipinski definition) is 5. The minimum atomic E-state index is 0.396. The summed E-state index contributed by atoms with van der Waals surface area (Å²) in [5, 5.41) is 12.2. The molecule has 6 heteroatoms. The van der Waals surface area contributed by atoms with Gasteiger partial charge in [0.25, 0.3) is 0 Å². The Bertz CT molecular complexity index is 454. The molecule has 0 aliphatic rings. The van der Waals surface area contributed by atoms with Crippen LogP contribution in [0.3, 0.4) is 0 Å². The van der Waals surface area contributed by atoms with E-state index in [0.717, 1.165) is 11.4 Å². The van der Waals surface area contributed by atoms with Gasteiger partial charge in [-0.25, -0.2) is 4.98 Å². The van der Waals surface area contributed by atoms with Crippen molar-refractivity contribution in [1.82, 2.24) is 15.2 Å². The molecule has 2 heterocycles. The summed E-state index contributed by atoms with van der Waals surface area (Å²) in [6.07, 6.45) is 2.94. The number of thiazole rings is 1. The molecule has 0 amide bonds. The Morgan fingerprint density at radius 1 is 1.38 bits per heavy atom. The molecule has 4 nitrogen and oxygen atoms in total. The van der Waals surface area contributed by atoms with Gasteiger partial charge < -0.3 is 5.32 Å². The van der Waals surface area contributed by atoms with Gasteiger partial charge in [-0.15, -0.1) is 21.5 Å². The van der Waals surface area contributed by atoms with Crippen molar-refractivity contribution in [2.75, 3.05) is 5.32 Å². The van der Waals surface area contributed by atoms with Crippen LogP contribution in [0.15, 0.2) is 18.3 Å². The van der Waals surface area contributed by atoms with E-state index in [1.54, 1.807) is 23.5 Å². The lowest BCUT2D eigenvalue weighted by atomic mass is 10.4. The first kappa shape index (κ1) is 11.3. The number of aromatic nitrogens is 3. The summed E-state index contributed by atoms with van der Waals surface area (Å²) in [5.74, 6) is 0.706. The number of hydrogen-bond donors (Lipinski definition) is 1. The lowest BCUT2D eigenvalue weighted by Gasteiger charge is -2.01. The molecule has 0 fully saturated rings. The number of aryl methyl sites for hydroxylation is 1. The van der Waals surface area contributed by atoms with Crippen molar-refractivity contribution >= 4 is 28.8 Å². The summed E-state index contributed by atoms with van der Waals surface area (Å²) < 4.78 is 0. The third-order valence-corrected chi connectivity index (χ3v) is 3.35. The van der Waals surface area contributed by atoms with Gasteiger partial charge in [0, 0.05) is 11.1 Å². The number of nitrogens with one attached hydrogen (secondary N) is 1. The Balaban J connectivity index is 1.94. The molecule has 0 saturated carbocycles. The minimum absolute atomic E-state index is 0.396. The lowest BCUT2D eigenvalue weighted by Crippen LogP contribution is -2.01. The van der Waals surface area contributed by atoms with Crippen LogP contribution in [-0.4, -0.2) is 15.2 Å². The fourth-order valence-corrected chi connectivity index (χ4v) is 2.07. The summed E-state index contributed by atoms with van der Waals surface area (Å²) in [5.41, 5.74) is 0.